The summed E-state index contributed by atoms with van der Waals surface area (Å²) in [5.41, 5.74) is 3.69. The summed E-state index contributed by atoms with van der Waals surface area (Å²) < 4.78 is 4.41. The average molecular weight is 231 g/mol. The molecule has 0 spiro atoms. The van der Waals surface area contributed by atoms with Crippen LogP contribution >= 0.6 is 0 Å². The molecule has 0 unspecified atom stereocenters. The van der Waals surface area contributed by atoms with E-state index in [1.54, 1.807) is 31.5 Å². The van der Waals surface area contributed by atoms with E-state index in [2.05, 4.69) is 30.5 Å². The molecule has 0 fully saturated rings. The lowest BCUT2D eigenvalue weighted by molar-refractivity contribution is 0.0945. The summed E-state index contributed by atoms with van der Waals surface area (Å²) >= 11 is 0. The fourth-order valence-electron chi connectivity index (χ4n) is 1.11. The third-order valence-electron chi connectivity index (χ3n) is 1.95. The van der Waals surface area contributed by atoms with Crippen LogP contribution < -0.4 is 5.43 Å². The first-order chi connectivity index (χ1) is 8.27. The summed E-state index contributed by atoms with van der Waals surface area (Å²) in [4.78, 5) is 15.4. The maximum Gasteiger partial charge on any atom is 0.295 e. The Morgan fingerprint density at radius 2 is 2.18 bits per heavy atom. The van der Waals surface area contributed by atoms with Crippen LogP contribution in [0.3, 0.4) is 0 Å². The standard InChI is InChI=1S/C10H9N5O2/c1-7-9(15-17-14-7)10(16)13-12-6-8-2-4-11-5-3-8/h2-6H,1H3,(H,13,16)/b12-6-. The molecule has 0 aliphatic rings. The number of nitrogens with one attached hydrogen (secondary N) is 1. The van der Waals surface area contributed by atoms with Crippen LogP contribution in [0.4, 0.5) is 0 Å². The Labute approximate surface area is 96.5 Å². The van der Waals surface area contributed by atoms with Gasteiger partial charge in [-0.15, -0.1) is 0 Å². The van der Waals surface area contributed by atoms with Crippen molar-refractivity contribution in [2.24, 2.45) is 5.10 Å². The van der Waals surface area contributed by atoms with Crippen molar-refractivity contribution in [2.75, 3.05) is 0 Å². The number of rotatable bonds is 3. The molecule has 2 rings (SSSR count). The van der Waals surface area contributed by atoms with E-state index in [-0.39, 0.29) is 5.69 Å². The summed E-state index contributed by atoms with van der Waals surface area (Å²) in [7, 11) is 0. The van der Waals surface area contributed by atoms with Crippen LogP contribution in [-0.2, 0) is 0 Å². The molecule has 0 aliphatic carbocycles. The van der Waals surface area contributed by atoms with Crippen LogP contribution in [0.15, 0.2) is 34.3 Å². The molecular formula is C10H9N5O2. The highest BCUT2D eigenvalue weighted by Crippen LogP contribution is 1.99. The zero-order valence-electron chi connectivity index (χ0n) is 8.99. The summed E-state index contributed by atoms with van der Waals surface area (Å²) in [6.07, 6.45) is 4.77. The van der Waals surface area contributed by atoms with Crippen LogP contribution in [0.1, 0.15) is 21.7 Å². The maximum absolute atomic E-state index is 11.5. The van der Waals surface area contributed by atoms with E-state index < -0.39 is 5.91 Å². The van der Waals surface area contributed by atoms with Gasteiger partial charge in [0.05, 0.1) is 6.21 Å². The number of hydrazone groups is 1. The Kier molecular flexibility index (Phi) is 3.20. The number of aryl methyl sites for hydroxylation is 1. The number of aromatic nitrogens is 3. The minimum Gasteiger partial charge on any atom is -0.265 e. The van der Waals surface area contributed by atoms with E-state index in [1.807, 2.05) is 0 Å². The van der Waals surface area contributed by atoms with E-state index in [4.69, 9.17) is 0 Å². The van der Waals surface area contributed by atoms with Crippen molar-refractivity contribution in [1.82, 2.24) is 20.7 Å². The second kappa shape index (κ2) is 4.97. The lowest BCUT2D eigenvalue weighted by Crippen LogP contribution is -2.19. The van der Waals surface area contributed by atoms with Gasteiger partial charge in [0.2, 0.25) is 0 Å². The summed E-state index contributed by atoms with van der Waals surface area (Å²) in [6.45, 7) is 1.62. The van der Waals surface area contributed by atoms with Crippen LogP contribution in [-0.4, -0.2) is 27.4 Å². The summed E-state index contributed by atoms with van der Waals surface area (Å²) in [6, 6.07) is 3.52. The zero-order valence-corrected chi connectivity index (χ0v) is 8.99. The second-order valence-electron chi connectivity index (χ2n) is 3.18. The molecule has 7 nitrogen and oxygen atoms in total. The normalized spacial score (nSPS) is 10.6. The van der Waals surface area contributed by atoms with Gasteiger partial charge in [-0.05, 0) is 29.8 Å². The van der Waals surface area contributed by atoms with Crippen molar-refractivity contribution in [3.63, 3.8) is 0 Å². The number of hydrogen-bond acceptors (Lipinski definition) is 6. The molecule has 1 amide bonds. The molecule has 86 valence electrons. The Morgan fingerprint density at radius 1 is 1.41 bits per heavy atom. The minimum atomic E-state index is -0.464. The average Bonchev–Trinajstić information content (AvgIpc) is 2.77. The predicted molar refractivity (Wildman–Crippen MR) is 58.3 cm³/mol. The van der Waals surface area contributed by atoms with Crippen molar-refractivity contribution in [2.45, 2.75) is 6.92 Å². The van der Waals surface area contributed by atoms with E-state index in [9.17, 15) is 4.79 Å². The molecular weight excluding hydrogens is 222 g/mol. The SMILES string of the molecule is Cc1nonc1C(=O)N/N=C\c1ccncc1. The fourth-order valence-corrected chi connectivity index (χ4v) is 1.11. The molecule has 2 aromatic rings. The number of nitrogens with zero attached hydrogens (tertiary/aromatic N) is 4. The molecule has 2 aromatic heterocycles. The number of carbonyl (C=O) groups excluding carboxylic acids is 1. The van der Waals surface area contributed by atoms with Crippen molar-refractivity contribution in [3.05, 3.63) is 41.5 Å². The highest BCUT2D eigenvalue weighted by Gasteiger charge is 2.13. The monoisotopic (exact) mass is 231 g/mol. The molecule has 0 saturated heterocycles. The Hall–Kier alpha value is -2.57. The first kappa shape index (κ1) is 10.9. The van der Waals surface area contributed by atoms with Crippen molar-refractivity contribution in [1.29, 1.82) is 0 Å². The van der Waals surface area contributed by atoms with Crippen LogP contribution in [0.5, 0.6) is 0 Å². The largest absolute Gasteiger partial charge is 0.295 e. The topological polar surface area (TPSA) is 93.3 Å². The molecule has 0 aromatic carbocycles. The van der Waals surface area contributed by atoms with Gasteiger partial charge in [-0.2, -0.15) is 5.10 Å². The Balaban J connectivity index is 1.98. The molecule has 0 saturated carbocycles. The van der Waals surface area contributed by atoms with E-state index in [0.29, 0.717) is 5.69 Å². The Morgan fingerprint density at radius 3 is 2.82 bits per heavy atom. The third kappa shape index (κ3) is 2.71. The van der Waals surface area contributed by atoms with Crippen molar-refractivity contribution >= 4 is 12.1 Å². The van der Waals surface area contributed by atoms with Gasteiger partial charge in [0.25, 0.3) is 5.91 Å². The lowest BCUT2D eigenvalue weighted by atomic mass is 10.3. The summed E-state index contributed by atoms with van der Waals surface area (Å²) in [5, 5.41) is 10.7. The van der Waals surface area contributed by atoms with E-state index in [0.717, 1.165) is 5.56 Å². The van der Waals surface area contributed by atoms with Gasteiger partial charge in [0, 0.05) is 12.4 Å². The number of carbonyl (C=O) groups is 1. The van der Waals surface area contributed by atoms with Gasteiger partial charge in [0.15, 0.2) is 5.69 Å². The quantitative estimate of drug-likeness (QED) is 0.614. The molecule has 0 radical (unpaired) electrons. The molecule has 0 atom stereocenters. The maximum atomic E-state index is 11.5. The molecule has 2 heterocycles. The predicted octanol–water partition coefficient (Wildman–Crippen LogP) is 0.537. The highest BCUT2D eigenvalue weighted by molar-refractivity contribution is 5.93. The van der Waals surface area contributed by atoms with E-state index in [1.165, 1.54) is 6.21 Å². The van der Waals surface area contributed by atoms with E-state index >= 15 is 0 Å². The fraction of sp³-hybridized carbons (Fsp3) is 0.100. The molecule has 0 bridgehead atoms. The van der Waals surface area contributed by atoms with Crippen LogP contribution in [0.2, 0.25) is 0 Å². The van der Waals surface area contributed by atoms with Crippen molar-refractivity contribution < 1.29 is 9.42 Å². The number of hydrogen-bond donors (Lipinski definition) is 1. The van der Waals surface area contributed by atoms with Crippen LogP contribution in [0.25, 0.3) is 0 Å². The molecule has 1 N–H and O–H groups in total. The van der Waals surface area contributed by atoms with Gasteiger partial charge in [-0.1, -0.05) is 5.16 Å². The highest BCUT2D eigenvalue weighted by atomic mass is 16.6. The number of amides is 1. The summed E-state index contributed by atoms with van der Waals surface area (Å²) in [5.74, 6) is -0.464. The number of pyridine rings is 1. The van der Waals surface area contributed by atoms with Gasteiger partial charge in [0.1, 0.15) is 5.69 Å². The first-order valence-electron chi connectivity index (χ1n) is 4.80. The van der Waals surface area contributed by atoms with Crippen LogP contribution in [0, 0.1) is 6.92 Å². The zero-order chi connectivity index (χ0) is 12.1. The van der Waals surface area contributed by atoms with Gasteiger partial charge in [-0.3, -0.25) is 9.78 Å². The minimum absolute atomic E-state index is 0.122. The lowest BCUT2D eigenvalue weighted by Gasteiger charge is -1.94. The molecule has 0 aliphatic heterocycles. The first-order valence-corrected chi connectivity index (χ1v) is 4.80. The van der Waals surface area contributed by atoms with Gasteiger partial charge in [-0.25, -0.2) is 10.1 Å². The molecule has 7 heteroatoms. The van der Waals surface area contributed by atoms with Gasteiger partial charge < -0.3 is 0 Å². The smallest absolute Gasteiger partial charge is 0.265 e. The third-order valence-corrected chi connectivity index (χ3v) is 1.95. The van der Waals surface area contributed by atoms with Gasteiger partial charge >= 0.3 is 0 Å². The molecule has 17 heavy (non-hydrogen) atoms. The second-order valence-corrected chi connectivity index (χ2v) is 3.18. The van der Waals surface area contributed by atoms with Crippen molar-refractivity contribution in [3.8, 4) is 0 Å². The Bertz CT molecular complexity index is 535.